The number of halogens is 1. The van der Waals surface area contributed by atoms with Crippen molar-refractivity contribution in [2.75, 3.05) is 10.6 Å². The molecule has 1 heterocycles. The zero-order valence-corrected chi connectivity index (χ0v) is 13.8. The number of aryl methyl sites for hydroxylation is 1. The number of rotatable bonds is 4. The second kappa shape index (κ2) is 7.40. The average Bonchev–Trinajstić information content (AvgIpc) is 2.63. The molecule has 6 nitrogen and oxygen atoms in total. The van der Waals surface area contributed by atoms with Crippen LogP contribution in [0.2, 0.25) is 0 Å². The maximum Gasteiger partial charge on any atom is 0.274 e. The second-order valence-electron chi connectivity index (χ2n) is 5.43. The number of nitrogens with one attached hydrogen (secondary N) is 2. The fraction of sp³-hybridized carbons (Fsp3) is 0.0526. The summed E-state index contributed by atoms with van der Waals surface area (Å²) >= 11 is 0. The number of aromatic nitrogens is 2. The maximum atomic E-state index is 13.0. The number of nitrogens with zero attached hydrogens (tertiary/aromatic N) is 3. The minimum atomic E-state index is -0.446. The van der Waals surface area contributed by atoms with Gasteiger partial charge in [0.25, 0.3) is 5.91 Å². The number of hydrogen-bond donors (Lipinski definition) is 2. The third kappa shape index (κ3) is 3.99. The summed E-state index contributed by atoms with van der Waals surface area (Å²) in [6.45, 7) is 1.66. The summed E-state index contributed by atoms with van der Waals surface area (Å²) in [4.78, 5) is 20.8. The van der Waals surface area contributed by atoms with Crippen molar-refractivity contribution in [2.45, 2.75) is 6.92 Å². The van der Waals surface area contributed by atoms with Gasteiger partial charge in [0.15, 0.2) is 0 Å². The SMILES string of the molecule is Cc1nc(Nc2ccccc2C#N)cc(C(=O)Nc2ccc(F)cc2)n1. The van der Waals surface area contributed by atoms with Crippen molar-refractivity contribution < 1.29 is 9.18 Å². The lowest BCUT2D eigenvalue weighted by molar-refractivity contribution is 0.102. The second-order valence-corrected chi connectivity index (χ2v) is 5.43. The third-order valence-electron chi connectivity index (χ3n) is 3.48. The zero-order valence-electron chi connectivity index (χ0n) is 13.8. The number of para-hydroxylation sites is 1. The van der Waals surface area contributed by atoms with Gasteiger partial charge in [0.1, 0.15) is 29.2 Å². The van der Waals surface area contributed by atoms with E-state index >= 15 is 0 Å². The van der Waals surface area contributed by atoms with E-state index in [0.29, 0.717) is 28.6 Å². The highest BCUT2D eigenvalue weighted by Gasteiger charge is 2.12. The number of anilines is 3. The third-order valence-corrected chi connectivity index (χ3v) is 3.48. The Hall–Kier alpha value is -3.79. The van der Waals surface area contributed by atoms with Gasteiger partial charge >= 0.3 is 0 Å². The zero-order chi connectivity index (χ0) is 18.5. The van der Waals surface area contributed by atoms with Gasteiger partial charge in [-0.1, -0.05) is 12.1 Å². The first-order valence-corrected chi connectivity index (χ1v) is 7.74. The smallest absolute Gasteiger partial charge is 0.274 e. The first-order chi connectivity index (χ1) is 12.5. The monoisotopic (exact) mass is 347 g/mol. The molecule has 0 aliphatic rings. The Morgan fingerprint density at radius 3 is 2.58 bits per heavy atom. The molecule has 0 aliphatic carbocycles. The van der Waals surface area contributed by atoms with Crippen LogP contribution in [0.25, 0.3) is 0 Å². The highest BCUT2D eigenvalue weighted by Crippen LogP contribution is 2.20. The number of carbonyl (C=O) groups is 1. The fourth-order valence-corrected chi connectivity index (χ4v) is 2.30. The van der Waals surface area contributed by atoms with Crippen LogP contribution >= 0.6 is 0 Å². The molecule has 0 saturated heterocycles. The van der Waals surface area contributed by atoms with Crippen LogP contribution in [0, 0.1) is 24.1 Å². The Kier molecular flexibility index (Phi) is 4.85. The van der Waals surface area contributed by atoms with Gasteiger partial charge in [0.2, 0.25) is 0 Å². The summed E-state index contributed by atoms with van der Waals surface area (Å²) in [6, 6.07) is 16.0. The van der Waals surface area contributed by atoms with Crippen LogP contribution in [0.4, 0.5) is 21.6 Å². The predicted molar refractivity (Wildman–Crippen MR) is 95.6 cm³/mol. The molecule has 0 fully saturated rings. The summed E-state index contributed by atoms with van der Waals surface area (Å²) in [5.41, 5.74) is 1.65. The highest BCUT2D eigenvalue weighted by molar-refractivity contribution is 6.03. The largest absolute Gasteiger partial charge is 0.339 e. The molecule has 1 amide bonds. The van der Waals surface area contributed by atoms with E-state index in [9.17, 15) is 9.18 Å². The van der Waals surface area contributed by atoms with Crippen molar-refractivity contribution in [1.29, 1.82) is 5.26 Å². The van der Waals surface area contributed by atoms with E-state index < -0.39 is 5.91 Å². The molecule has 0 saturated carbocycles. The lowest BCUT2D eigenvalue weighted by atomic mass is 10.2. The molecular formula is C19H14FN5O. The molecule has 0 atom stereocenters. The molecule has 3 rings (SSSR count). The van der Waals surface area contributed by atoms with Gasteiger partial charge < -0.3 is 10.6 Å². The molecule has 7 heteroatoms. The summed E-state index contributed by atoms with van der Waals surface area (Å²) in [7, 11) is 0. The lowest BCUT2D eigenvalue weighted by Crippen LogP contribution is -2.15. The van der Waals surface area contributed by atoms with Crippen molar-refractivity contribution in [3.05, 3.63) is 77.5 Å². The number of nitriles is 1. The average molecular weight is 347 g/mol. The van der Waals surface area contributed by atoms with Gasteiger partial charge in [-0.3, -0.25) is 4.79 Å². The van der Waals surface area contributed by atoms with Crippen LogP contribution in [0.1, 0.15) is 21.9 Å². The van der Waals surface area contributed by atoms with Gasteiger partial charge in [-0.25, -0.2) is 14.4 Å². The van der Waals surface area contributed by atoms with Gasteiger partial charge in [-0.05, 0) is 43.3 Å². The molecule has 2 N–H and O–H groups in total. The van der Waals surface area contributed by atoms with Crippen molar-refractivity contribution in [3.63, 3.8) is 0 Å². The first-order valence-electron chi connectivity index (χ1n) is 7.74. The Morgan fingerprint density at radius 2 is 1.85 bits per heavy atom. The van der Waals surface area contributed by atoms with E-state index in [1.54, 1.807) is 31.2 Å². The van der Waals surface area contributed by atoms with Crippen molar-refractivity contribution >= 4 is 23.1 Å². The highest BCUT2D eigenvalue weighted by atomic mass is 19.1. The fourth-order valence-electron chi connectivity index (χ4n) is 2.30. The molecule has 1 aromatic heterocycles. The van der Waals surface area contributed by atoms with Gasteiger partial charge in [0, 0.05) is 11.8 Å². The Balaban J connectivity index is 1.84. The van der Waals surface area contributed by atoms with Gasteiger partial charge in [-0.15, -0.1) is 0 Å². The standard InChI is InChI=1S/C19H14FN5O/c1-12-22-17(19(26)24-15-8-6-14(20)7-9-15)10-18(23-12)25-16-5-3-2-4-13(16)11-21/h2-10H,1H3,(H,24,26)(H,22,23,25). The van der Waals surface area contributed by atoms with E-state index in [-0.39, 0.29) is 11.5 Å². The number of amides is 1. The van der Waals surface area contributed by atoms with Crippen molar-refractivity contribution in [3.8, 4) is 6.07 Å². The maximum absolute atomic E-state index is 13.0. The first kappa shape index (κ1) is 17.0. The lowest BCUT2D eigenvalue weighted by Gasteiger charge is -2.10. The Labute approximate surface area is 149 Å². The topological polar surface area (TPSA) is 90.7 Å². The van der Waals surface area contributed by atoms with Crippen LogP contribution in [0.15, 0.2) is 54.6 Å². The number of carbonyl (C=O) groups excluding carboxylic acids is 1. The van der Waals surface area contributed by atoms with Crippen LogP contribution < -0.4 is 10.6 Å². The number of hydrogen-bond acceptors (Lipinski definition) is 5. The van der Waals surface area contributed by atoms with E-state index in [4.69, 9.17) is 5.26 Å². The summed E-state index contributed by atoms with van der Waals surface area (Å²) in [5, 5.41) is 14.8. The Bertz CT molecular complexity index is 996. The minimum absolute atomic E-state index is 0.152. The van der Waals surface area contributed by atoms with E-state index in [1.165, 1.54) is 30.3 Å². The van der Waals surface area contributed by atoms with Gasteiger partial charge in [0.05, 0.1) is 11.3 Å². The molecule has 26 heavy (non-hydrogen) atoms. The molecule has 0 radical (unpaired) electrons. The molecule has 0 unspecified atom stereocenters. The molecule has 3 aromatic rings. The summed E-state index contributed by atoms with van der Waals surface area (Å²) in [5.74, 6) is -0.0413. The van der Waals surface area contributed by atoms with E-state index in [2.05, 4.69) is 26.7 Å². The van der Waals surface area contributed by atoms with E-state index in [1.807, 2.05) is 0 Å². The van der Waals surface area contributed by atoms with Crippen LogP contribution in [-0.4, -0.2) is 15.9 Å². The Morgan fingerprint density at radius 1 is 1.12 bits per heavy atom. The van der Waals surface area contributed by atoms with Crippen LogP contribution in [0.3, 0.4) is 0 Å². The number of benzene rings is 2. The predicted octanol–water partition coefficient (Wildman–Crippen LogP) is 3.79. The molecule has 128 valence electrons. The quantitative estimate of drug-likeness (QED) is 0.749. The van der Waals surface area contributed by atoms with Gasteiger partial charge in [-0.2, -0.15) is 5.26 Å². The molecule has 0 spiro atoms. The van der Waals surface area contributed by atoms with Crippen molar-refractivity contribution in [2.24, 2.45) is 0 Å². The summed E-state index contributed by atoms with van der Waals surface area (Å²) < 4.78 is 13.0. The summed E-state index contributed by atoms with van der Waals surface area (Å²) in [6.07, 6.45) is 0. The van der Waals surface area contributed by atoms with E-state index in [0.717, 1.165) is 0 Å². The normalized spacial score (nSPS) is 10.0. The van der Waals surface area contributed by atoms with Crippen molar-refractivity contribution in [1.82, 2.24) is 9.97 Å². The minimum Gasteiger partial charge on any atom is -0.339 e. The van der Waals surface area contributed by atoms with Crippen LogP contribution in [0.5, 0.6) is 0 Å². The van der Waals surface area contributed by atoms with Crippen LogP contribution in [-0.2, 0) is 0 Å². The molecule has 0 bridgehead atoms. The molecule has 0 aliphatic heterocycles. The molecule has 2 aromatic carbocycles. The molecular weight excluding hydrogens is 333 g/mol.